The molecule has 8 heteroatoms. The van der Waals surface area contributed by atoms with E-state index in [9.17, 15) is 4.79 Å². The van der Waals surface area contributed by atoms with E-state index in [1.54, 1.807) is 18.5 Å². The molecule has 0 bridgehead atoms. The summed E-state index contributed by atoms with van der Waals surface area (Å²) in [5.41, 5.74) is 0. The summed E-state index contributed by atoms with van der Waals surface area (Å²) in [6.45, 7) is 2.59. The summed E-state index contributed by atoms with van der Waals surface area (Å²) >= 11 is 1.32. The van der Waals surface area contributed by atoms with Crippen LogP contribution in [0, 0.1) is 0 Å². The molecule has 0 saturated heterocycles. The minimum atomic E-state index is -0.104. The van der Waals surface area contributed by atoms with E-state index in [-0.39, 0.29) is 36.8 Å². The van der Waals surface area contributed by atoms with Crippen LogP contribution in [0.4, 0.5) is 0 Å². The molecule has 1 atom stereocenters. The second-order valence-corrected chi connectivity index (χ2v) is 4.94. The second-order valence-electron chi connectivity index (χ2n) is 3.91. The molecule has 0 aliphatic carbocycles. The molecular weight excluding hydrogens is 321 g/mol. The fourth-order valence-electron chi connectivity index (χ4n) is 1.33. The van der Waals surface area contributed by atoms with Crippen LogP contribution in [0.15, 0.2) is 29.0 Å². The fourth-order valence-corrected chi connectivity index (χ4v) is 2.13. The number of likely N-dealkylation sites (N-methyl/N-ethyl adjacent to an activating group) is 1. The smallest absolute Gasteiger partial charge is 0.263 e. The number of thiazole rings is 1. The summed E-state index contributed by atoms with van der Waals surface area (Å²) in [5, 5.41) is 6.62. The van der Waals surface area contributed by atoms with E-state index >= 15 is 0 Å². The molecule has 0 saturated carbocycles. The lowest BCUT2D eigenvalue weighted by molar-refractivity contribution is 0.0954. The van der Waals surface area contributed by atoms with Crippen molar-refractivity contribution in [3.05, 3.63) is 29.5 Å². The number of amides is 1. The van der Waals surface area contributed by atoms with Gasteiger partial charge in [0.25, 0.3) is 5.91 Å². The molecule has 2 aromatic heterocycles. The van der Waals surface area contributed by atoms with Crippen LogP contribution in [0.5, 0.6) is 0 Å². The molecule has 2 aromatic rings. The van der Waals surface area contributed by atoms with E-state index in [4.69, 9.17) is 4.42 Å². The highest BCUT2D eigenvalue weighted by Gasteiger charge is 2.13. The molecule has 0 fully saturated rings. The second kappa shape index (κ2) is 8.97. The topological polar surface area (TPSA) is 67.2 Å². The monoisotopic (exact) mass is 337 g/mol. The Morgan fingerprint density at radius 3 is 2.85 bits per heavy atom. The van der Waals surface area contributed by atoms with Gasteiger partial charge in [-0.1, -0.05) is 0 Å². The highest BCUT2D eigenvalue weighted by molar-refractivity contribution is 7.16. The van der Waals surface area contributed by atoms with Gasteiger partial charge >= 0.3 is 0 Å². The zero-order chi connectivity index (χ0) is 13.0. The summed E-state index contributed by atoms with van der Waals surface area (Å²) in [7, 11) is 1.86. The van der Waals surface area contributed by atoms with Crippen LogP contribution in [0.25, 0.3) is 10.8 Å². The third kappa shape index (κ3) is 4.79. The van der Waals surface area contributed by atoms with Crippen molar-refractivity contribution in [2.75, 3.05) is 13.6 Å². The molecule has 0 radical (unpaired) electrons. The Labute approximate surface area is 134 Å². The molecular formula is C12H17Cl2N3O2S. The molecule has 2 heterocycles. The van der Waals surface area contributed by atoms with E-state index in [1.165, 1.54) is 11.3 Å². The predicted molar refractivity (Wildman–Crippen MR) is 85.2 cm³/mol. The number of furan rings is 1. The SMILES string of the molecule is CNC(C)CNC(=O)c1cnc(-c2ccco2)s1.Cl.Cl. The number of nitrogens with zero attached hydrogens (tertiary/aromatic N) is 1. The van der Waals surface area contributed by atoms with E-state index < -0.39 is 0 Å². The maximum atomic E-state index is 11.8. The summed E-state index contributed by atoms with van der Waals surface area (Å²) in [6, 6.07) is 3.86. The number of nitrogens with one attached hydrogen (secondary N) is 2. The highest BCUT2D eigenvalue weighted by Crippen LogP contribution is 2.25. The molecule has 0 aliphatic heterocycles. The molecule has 1 amide bonds. The minimum Gasteiger partial charge on any atom is -0.462 e. The van der Waals surface area contributed by atoms with Crippen LogP contribution in [0.2, 0.25) is 0 Å². The van der Waals surface area contributed by atoms with Gasteiger partial charge in [-0.15, -0.1) is 36.2 Å². The highest BCUT2D eigenvalue weighted by atomic mass is 35.5. The molecule has 0 aromatic carbocycles. The first-order chi connectivity index (χ1) is 8.70. The average molecular weight is 338 g/mol. The molecule has 2 rings (SSSR count). The van der Waals surface area contributed by atoms with Gasteiger partial charge in [-0.05, 0) is 26.1 Å². The standard InChI is InChI=1S/C12H15N3O2S.2ClH/c1-8(13-2)6-14-11(16)10-7-15-12(18-10)9-4-3-5-17-9;;/h3-5,7-8,13H,6H2,1-2H3,(H,14,16);2*1H. The Morgan fingerprint density at radius 1 is 1.50 bits per heavy atom. The minimum absolute atomic E-state index is 0. The van der Waals surface area contributed by atoms with Gasteiger partial charge in [0.15, 0.2) is 10.8 Å². The van der Waals surface area contributed by atoms with Crippen LogP contribution < -0.4 is 10.6 Å². The van der Waals surface area contributed by atoms with Crippen LogP contribution in [-0.4, -0.2) is 30.5 Å². The average Bonchev–Trinajstić information content (AvgIpc) is 3.04. The predicted octanol–water partition coefficient (Wildman–Crippen LogP) is 2.58. The van der Waals surface area contributed by atoms with Crippen LogP contribution in [0.1, 0.15) is 16.6 Å². The van der Waals surface area contributed by atoms with E-state index in [0.717, 1.165) is 0 Å². The molecule has 112 valence electrons. The molecule has 2 N–H and O–H groups in total. The lowest BCUT2D eigenvalue weighted by Gasteiger charge is -2.10. The fraction of sp³-hybridized carbons (Fsp3) is 0.333. The van der Waals surface area contributed by atoms with Gasteiger partial charge in [0, 0.05) is 12.6 Å². The number of hydrogen-bond acceptors (Lipinski definition) is 5. The Balaban J connectivity index is 0.00000180. The van der Waals surface area contributed by atoms with Gasteiger partial charge < -0.3 is 15.1 Å². The van der Waals surface area contributed by atoms with Gasteiger partial charge in [-0.3, -0.25) is 4.79 Å². The van der Waals surface area contributed by atoms with Crippen molar-refractivity contribution in [2.24, 2.45) is 0 Å². The van der Waals surface area contributed by atoms with Gasteiger partial charge in [0.2, 0.25) is 0 Å². The third-order valence-electron chi connectivity index (χ3n) is 2.52. The van der Waals surface area contributed by atoms with Crippen LogP contribution in [0.3, 0.4) is 0 Å². The van der Waals surface area contributed by atoms with Crippen LogP contribution in [-0.2, 0) is 0 Å². The summed E-state index contributed by atoms with van der Waals surface area (Å²) in [6.07, 6.45) is 3.16. The van der Waals surface area contributed by atoms with Crippen molar-refractivity contribution in [3.63, 3.8) is 0 Å². The number of rotatable bonds is 5. The normalized spacial score (nSPS) is 11.1. The van der Waals surface area contributed by atoms with Crippen molar-refractivity contribution in [1.82, 2.24) is 15.6 Å². The van der Waals surface area contributed by atoms with Crippen molar-refractivity contribution in [3.8, 4) is 10.8 Å². The number of hydrogen-bond donors (Lipinski definition) is 2. The largest absolute Gasteiger partial charge is 0.462 e. The van der Waals surface area contributed by atoms with Gasteiger partial charge in [-0.25, -0.2) is 4.98 Å². The van der Waals surface area contributed by atoms with Crippen molar-refractivity contribution < 1.29 is 9.21 Å². The van der Waals surface area contributed by atoms with E-state index in [2.05, 4.69) is 15.6 Å². The molecule has 1 unspecified atom stereocenters. The van der Waals surface area contributed by atoms with Crippen molar-refractivity contribution in [2.45, 2.75) is 13.0 Å². The maximum absolute atomic E-state index is 11.8. The number of carbonyl (C=O) groups is 1. The Hall–Kier alpha value is -1.08. The van der Waals surface area contributed by atoms with E-state index in [1.807, 2.05) is 20.0 Å². The first-order valence-corrected chi connectivity index (χ1v) is 6.47. The third-order valence-corrected chi connectivity index (χ3v) is 3.53. The number of carbonyl (C=O) groups excluding carboxylic acids is 1. The zero-order valence-electron chi connectivity index (χ0n) is 11.1. The Morgan fingerprint density at radius 2 is 2.25 bits per heavy atom. The lowest BCUT2D eigenvalue weighted by Crippen LogP contribution is -2.36. The summed E-state index contributed by atoms with van der Waals surface area (Å²) in [5.74, 6) is 0.579. The summed E-state index contributed by atoms with van der Waals surface area (Å²) in [4.78, 5) is 16.6. The molecule has 20 heavy (non-hydrogen) atoms. The van der Waals surface area contributed by atoms with Gasteiger partial charge in [0.1, 0.15) is 4.88 Å². The van der Waals surface area contributed by atoms with Crippen LogP contribution >= 0.6 is 36.2 Å². The molecule has 0 aliphatic rings. The quantitative estimate of drug-likeness (QED) is 0.879. The van der Waals surface area contributed by atoms with E-state index in [0.29, 0.717) is 22.2 Å². The first-order valence-electron chi connectivity index (χ1n) is 5.66. The maximum Gasteiger partial charge on any atom is 0.263 e. The number of halogens is 2. The van der Waals surface area contributed by atoms with Gasteiger partial charge in [-0.2, -0.15) is 0 Å². The Bertz CT molecular complexity index is 517. The van der Waals surface area contributed by atoms with Gasteiger partial charge in [0.05, 0.1) is 12.5 Å². The molecule has 5 nitrogen and oxygen atoms in total. The Kier molecular flexibility index (Phi) is 8.48. The lowest BCUT2D eigenvalue weighted by atomic mass is 10.3. The number of aromatic nitrogens is 1. The summed E-state index contributed by atoms with van der Waals surface area (Å²) < 4.78 is 5.23. The molecule has 0 spiro atoms. The first kappa shape index (κ1) is 18.9. The van der Waals surface area contributed by atoms with Crippen molar-refractivity contribution in [1.29, 1.82) is 0 Å². The zero-order valence-corrected chi connectivity index (χ0v) is 13.5. The van der Waals surface area contributed by atoms with Crippen molar-refractivity contribution >= 4 is 42.1 Å².